The third kappa shape index (κ3) is 6.94. The first-order chi connectivity index (χ1) is 19.1. The fourth-order valence-electron chi connectivity index (χ4n) is 5.93. The number of fused-ring (bicyclic) bond motifs is 1. The molecule has 3 fully saturated rings. The molecule has 1 unspecified atom stereocenters. The maximum atomic E-state index is 13.5. The van der Waals surface area contributed by atoms with E-state index in [4.69, 9.17) is 21.5 Å². The van der Waals surface area contributed by atoms with Crippen molar-refractivity contribution in [3.63, 3.8) is 0 Å². The highest BCUT2D eigenvalue weighted by Crippen LogP contribution is 2.26. The molecule has 2 N–H and O–H groups in total. The van der Waals surface area contributed by atoms with Gasteiger partial charge in [0.2, 0.25) is 21.8 Å². The maximum absolute atomic E-state index is 13.5. The van der Waals surface area contributed by atoms with E-state index in [1.165, 1.54) is 18.9 Å². The zero-order valence-corrected chi connectivity index (χ0v) is 24.2. The zero-order valence-electron chi connectivity index (χ0n) is 22.7. The van der Waals surface area contributed by atoms with Crippen molar-refractivity contribution in [2.45, 2.75) is 68.5 Å². The van der Waals surface area contributed by atoms with Crippen LogP contribution in [0.2, 0.25) is 5.02 Å². The van der Waals surface area contributed by atoms with Crippen LogP contribution in [0.4, 0.5) is 0 Å². The summed E-state index contributed by atoms with van der Waals surface area (Å²) in [6.07, 6.45) is 5.84. The molecule has 40 heavy (non-hydrogen) atoms. The Morgan fingerprint density at radius 1 is 1.05 bits per heavy atom. The van der Waals surface area contributed by atoms with Crippen LogP contribution < -0.4 is 4.72 Å². The number of rotatable bonds is 7. The van der Waals surface area contributed by atoms with Crippen molar-refractivity contribution in [1.82, 2.24) is 19.4 Å². The number of hydrogen-bond donors (Lipinski definition) is 2. The van der Waals surface area contributed by atoms with Gasteiger partial charge in [-0.25, -0.2) is 8.42 Å². The molecule has 2 aromatic rings. The highest BCUT2D eigenvalue weighted by Gasteiger charge is 2.41. The molecule has 12 heteroatoms. The third-order valence-corrected chi connectivity index (χ3v) is 9.73. The largest absolute Gasteiger partial charge is 0.483 e. The smallest absolute Gasteiger partial charge is 0.290 e. The van der Waals surface area contributed by atoms with Crippen LogP contribution in [0.25, 0.3) is 10.8 Å². The summed E-state index contributed by atoms with van der Waals surface area (Å²) in [5.41, 5.74) is 0. The van der Waals surface area contributed by atoms with Gasteiger partial charge in [-0.2, -0.15) is 4.72 Å². The van der Waals surface area contributed by atoms with Crippen molar-refractivity contribution in [1.29, 1.82) is 0 Å². The summed E-state index contributed by atoms with van der Waals surface area (Å²) in [5.74, 6) is -0.376. The average Bonchev–Trinajstić information content (AvgIpc) is 3.58. The molecule has 0 bridgehead atoms. The Hall–Kier alpha value is -2.73. The van der Waals surface area contributed by atoms with Gasteiger partial charge in [-0.3, -0.25) is 14.4 Å². The minimum atomic E-state index is -3.92. The van der Waals surface area contributed by atoms with Gasteiger partial charge in [-0.05, 0) is 93.6 Å². The number of carbonyl (C=O) groups excluding carboxylic acids is 2. The first-order valence-corrected chi connectivity index (χ1v) is 15.6. The van der Waals surface area contributed by atoms with Crippen molar-refractivity contribution in [3.8, 4) is 0 Å². The Morgan fingerprint density at radius 3 is 2.42 bits per heavy atom. The van der Waals surface area contributed by atoms with E-state index < -0.39 is 22.1 Å². The molecule has 0 radical (unpaired) electrons. The lowest BCUT2D eigenvalue weighted by atomic mass is 10.0. The number of carbonyl (C=O) groups is 3. The Bertz CT molecular complexity index is 1330. The third-order valence-electron chi connectivity index (χ3n) is 8.02. The topological polar surface area (TPSA) is 127 Å². The molecule has 218 valence electrons. The molecule has 2 amide bonds. The van der Waals surface area contributed by atoms with Crippen LogP contribution in [0.5, 0.6) is 0 Å². The summed E-state index contributed by atoms with van der Waals surface area (Å²) < 4.78 is 28.8. The van der Waals surface area contributed by atoms with Gasteiger partial charge < -0.3 is 19.8 Å². The second-order valence-electron chi connectivity index (χ2n) is 10.6. The minimum absolute atomic E-state index is 0.0334. The molecule has 0 aromatic heterocycles. The van der Waals surface area contributed by atoms with Crippen LogP contribution >= 0.6 is 11.6 Å². The number of halogens is 1. The number of likely N-dealkylation sites (tertiary alicyclic amines) is 3. The predicted molar refractivity (Wildman–Crippen MR) is 153 cm³/mol. The van der Waals surface area contributed by atoms with E-state index in [1.807, 2.05) is 4.90 Å². The minimum Gasteiger partial charge on any atom is -0.483 e. The molecule has 10 nitrogen and oxygen atoms in total. The highest BCUT2D eigenvalue weighted by atomic mass is 35.5. The van der Waals surface area contributed by atoms with Gasteiger partial charge in [-0.15, -0.1) is 0 Å². The molecule has 3 atom stereocenters. The van der Waals surface area contributed by atoms with Gasteiger partial charge in [0.05, 0.1) is 4.90 Å². The number of sulfonamides is 1. The molecular weight excluding hydrogens is 556 g/mol. The highest BCUT2D eigenvalue weighted by molar-refractivity contribution is 7.89. The van der Waals surface area contributed by atoms with Crippen LogP contribution in [0.1, 0.15) is 45.4 Å². The number of carboxylic acid groups (broad SMARTS) is 1. The summed E-state index contributed by atoms with van der Waals surface area (Å²) in [6, 6.07) is 8.72. The van der Waals surface area contributed by atoms with Gasteiger partial charge in [0.1, 0.15) is 12.1 Å². The Balaban J connectivity index is 0.00000118. The zero-order chi connectivity index (χ0) is 28.9. The average molecular weight is 593 g/mol. The van der Waals surface area contributed by atoms with Crippen molar-refractivity contribution >= 4 is 50.7 Å². The Morgan fingerprint density at radius 2 is 1.70 bits per heavy atom. The van der Waals surface area contributed by atoms with Gasteiger partial charge in [0, 0.05) is 30.7 Å². The predicted octanol–water partition coefficient (Wildman–Crippen LogP) is 2.94. The second-order valence-corrected chi connectivity index (χ2v) is 12.8. The fourth-order valence-corrected chi connectivity index (χ4v) is 7.37. The van der Waals surface area contributed by atoms with Crippen LogP contribution in [0, 0.1) is 0 Å². The van der Waals surface area contributed by atoms with Gasteiger partial charge in [0.25, 0.3) is 6.47 Å². The molecular formula is C28H37ClN4O6S. The molecule has 3 aliphatic heterocycles. The molecule has 5 rings (SSSR count). The van der Waals surface area contributed by atoms with E-state index in [9.17, 15) is 18.0 Å². The monoisotopic (exact) mass is 592 g/mol. The molecule has 2 aromatic carbocycles. The number of nitrogens with zero attached hydrogens (tertiary/aromatic N) is 3. The first kappa shape index (κ1) is 30.2. The lowest BCUT2D eigenvalue weighted by molar-refractivity contribution is -0.146. The van der Waals surface area contributed by atoms with Crippen molar-refractivity contribution < 1.29 is 27.9 Å². The van der Waals surface area contributed by atoms with Crippen LogP contribution in [-0.2, 0) is 24.4 Å². The summed E-state index contributed by atoms with van der Waals surface area (Å²) in [7, 11) is -3.92. The fraction of sp³-hybridized carbons (Fsp3) is 0.536. The van der Waals surface area contributed by atoms with Crippen molar-refractivity contribution in [3.05, 3.63) is 41.4 Å². The number of nitrogens with one attached hydrogen (secondary N) is 1. The number of piperidine rings is 1. The lowest BCUT2D eigenvalue weighted by Gasteiger charge is -2.40. The standard InChI is InChI=1S/C27H35ClN4O4S.CH2O2/c1-19(26(33)32-14-3-2-6-23(32)18-30-12-4-5-13-30)31-15-11-25(27(31)34)29-37(35,36)24-10-8-20-16-22(28)9-7-21(20)17-24;2-1-3/h7-10,16-17,19,23,25,29H,2-6,11-15,18H2,1H3;1H,(H,2,3)/t19-,23?,25-;/m0./s1. The lowest BCUT2D eigenvalue weighted by Crippen LogP contribution is -2.56. The van der Waals surface area contributed by atoms with Crippen LogP contribution in [0.3, 0.4) is 0 Å². The summed E-state index contributed by atoms with van der Waals surface area (Å²) >= 11 is 6.03. The van der Waals surface area contributed by atoms with Gasteiger partial charge in [-0.1, -0.05) is 23.7 Å². The number of hydrogen-bond acceptors (Lipinski definition) is 6. The molecule has 3 heterocycles. The van der Waals surface area contributed by atoms with Gasteiger partial charge >= 0.3 is 0 Å². The van der Waals surface area contributed by atoms with E-state index in [-0.39, 0.29) is 29.2 Å². The molecule has 0 aliphatic carbocycles. The Kier molecular flexibility index (Phi) is 10.0. The van der Waals surface area contributed by atoms with E-state index in [1.54, 1.807) is 42.2 Å². The molecule has 3 aliphatic rings. The van der Waals surface area contributed by atoms with Crippen molar-refractivity contribution in [2.24, 2.45) is 0 Å². The number of benzene rings is 2. The van der Waals surface area contributed by atoms with Crippen LogP contribution in [-0.4, -0.2) is 97.4 Å². The SMILES string of the molecule is C[C@@H](C(=O)N1CCCCC1CN1CCCC1)N1CC[C@H](NS(=O)(=O)c2ccc3cc(Cl)ccc3c2)C1=O.O=CO. The van der Waals surface area contributed by atoms with E-state index in [0.717, 1.165) is 49.7 Å². The molecule has 3 saturated heterocycles. The molecule has 0 spiro atoms. The van der Waals surface area contributed by atoms with Crippen molar-refractivity contribution in [2.75, 3.05) is 32.7 Å². The summed E-state index contributed by atoms with van der Waals surface area (Å²) in [5, 5.41) is 9.05. The normalized spacial score (nSPS) is 22.7. The first-order valence-electron chi connectivity index (χ1n) is 13.8. The van der Waals surface area contributed by atoms with Gasteiger partial charge in [0.15, 0.2) is 0 Å². The number of amides is 2. The maximum Gasteiger partial charge on any atom is 0.290 e. The quantitative estimate of drug-likeness (QED) is 0.473. The van der Waals surface area contributed by atoms with E-state index in [2.05, 4.69) is 9.62 Å². The Labute approximate surface area is 240 Å². The summed E-state index contributed by atoms with van der Waals surface area (Å²) in [6.45, 7) is 5.66. The van der Waals surface area contributed by atoms with E-state index >= 15 is 0 Å². The second kappa shape index (κ2) is 13.3. The molecule has 0 saturated carbocycles. The van der Waals surface area contributed by atoms with E-state index in [0.29, 0.717) is 24.5 Å². The summed E-state index contributed by atoms with van der Waals surface area (Å²) in [4.78, 5) is 41.2. The van der Waals surface area contributed by atoms with Crippen LogP contribution in [0.15, 0.2) is 41.3 Å².